The van der Waals surface area contributed by atoms with Gasteiger partial charge in [-0.25, -0.2) is 0 Å². The summed E-state index contributed by atoms with van der Waals surface area (Å²) in [6, 6.07) is 11.8. The summed E-state index contributed by atoms with van der Waals surface area (Å²) in [5, 5.41) is 5.08. The lowest BCUT2D eigenvalue weighted by molar-refractivity contribution is -0.121. The number of nitrogens with one attached hydrogen (secondary N) is 1. The van der Waals surface area contributed by atoms with E-state index in [0.29, 0.717) is 25.9 Å². The molecule has 2 amide bonds. The minimum absolute atomic E-state index is 0.0405. The van der Waals surface area contributed by atoms with Crippen molar-refractivity contribution in [2.75, 3.05) is 23.7 Å². The number of hydrogen-bond acceptors (Lipinski definition) is 3. The largest absolute Gasteiger partial charge is 0.355 e. The molecule has 1 heterocycles. The SMILES string of the molecule is CC(C)(C)SCCNC(=O)CCCN1C(=O)c2cccc3cccc1c23. The average Bonchev–Trinajstić information content (AvgIpc) is 2.86. The molecule has 0 atom stereocenters. The number of amides is 2. The first kappa shape index (κ1) is 18.8. The highest BCUT2D eigenvalue weighted by atomic mass is 32.2. The quantitative estimate of drug-likeness (QED) is 0.742. The summed E-state index contributed by atoms with van der Waals surface area (Å²) in [6.45, 7) is 7.77. The van der Waals surface area contributed by atoms with Crippen LogP contribution in [-0.2, 0) is 4.79 Å². The van der Waals surface area contributed by atoms with Crippen molar-refractivity contribution in [2.24, 2.45) is 0 Å². The fourth-order valence-corrected chi connectivity index (χ4v) is 4.05. The summed E-state index contributed by atoms with van der Waals surface area (Å²) >= 11 is 1.84. The molecule has 1 aliphatic rings. The molecular formula is C21H26N2O2S. The van der Waals surface area contributed by atoms with Gasteiger partial charge in [0.15, 0.2) is 0 Å². The summed E-state index contributed by atoms with van der Waals surface area (Å²) in [5.74, 6) is 1.01. The summed E-state index contributed by atoms with van der Waals surface area (Å²) in [6.07, 6.45) is 1.10. The fraction of sp³-hybridized carbons (Fsp3) is 0.429. The van der Waals surface area contributed by atoms with Gasteiger partial charge in [-0.3, -0.25) is 9.59 Å². The second kappa shape index (κ2) is 7.70. The lowest BCUT2D eigenvalue weighted by atomic mass is 10.1. The maximum absolute atomic E-state index is 12.7. The van der Waals surface area contributed by atoms with E-state index >= 15 is 0 Å². The standard InChI is InChI=1S/C21H26N2O2S/c1-21(2,3)26-14-12-22-18(24)11-6-13-23-17-10-5-8-15-7-4-9-16(19(15)17)20(23)25/h4-5,7-10H,6,11-14H2,1-3H3,(H,22,24). The molecule has 0 bridgehead atoms. The molecule has 0 unspecified atom stereocenters. The molecule has 4 nitrogen and oxygen atoms in total. The first-order valence-electron chi connectivity index (χ1n) is 9.11. The Morgan fingerprint density at radius 2 is 1.88 bits per heavy atom. The predicted octanol–water partition coefficient (Wildman–Crippen LogP) is 4.23. The van der Waals surface area contributed by atoms with E-state index in [1.807, 2.05) is 48.2 Å². The van der Waals surface area contributed by atoms with E-state index in [1.165, 1.54) is 0 Å². The van der Waals surface area contributed by atoms with Crippen molar-refractivity contribution in [1.29, 1.82) is 0 Å². The normalized spacial score (nSPS) is 13.5. The first-order valence-corrected chi connectivity index (χ1v) is 10.1. The van der Waals surface area contributed by atoms with Gasteiger partial charge in [-0.1, -0.05) is 45.0 Å². The minimum atomic E-state index is 0.0405. The maximum atomic E-state index is 12.7. The topological polar surface area (TPSA) is 49.4 Å². The molecule has 0 aromatic heterocycles. The molecule has 0 fully saturated rings. The van der Waals surface area contributed by atoms with Crippen molar-refractivity contribution < 1.29 is 9.59 Å². The molecule has 0 spiro atoms. The Balaban J connectivity index is 1.50. The third-order valence-corrected chi connectivity index (χ3v) is 5.67. The lowest BCUT2D eigenvalue weighted by Gasteiger charge is -2.18. The number of rotatable bonds is 7. The van der Waals surface area contributed by atoms with Crippen molar-refractivity contribution in [2.45, 2.75) is 38.4 Å². The number of benzene rings is 2. The van der Waals surface area contributed by atoms with Crippen molar-refractivity contribution >= 4 is 40.0 Å². The van der Waals surface area contributed by atoms with E-state index in [2.05, 4.69) is 26.1 Å². The molecule has 138 valence electrons. The van der Waals surface area contributed by atoms with Crippen LogP contribution in [0.15, 0.2) is 36.4 Å². The van der Waals surface area contributed by atoms with Crippen molar-refractivity contribution in [3.8, 4) is 0 Å². The monoisotopic (exact) mass is 370 g/mol. The van der Waals surface area contributed by atoms with Gasteiger partial charge in [0.1, 0.15) is 0 Å². The number of nitrogens with zero attached hydrogens (tertiary/aromatic N) is 1. The second-order valence-corrected chi connectivity index (χ2v) is 9.47. The van der Waals surface area contributed by atoms with Crippen LogP contribution in [0.2, 0.25) is 0 Å². The molecule has 0 saturated carbocycles. The van der Waals surface area contributed by atoms with Crippen LogP contribution < -0.4 is 10.2 Å². The van der Waals surface area contributed by atoms with Crippen LogP contribution in [0.1, 0.15) is 44.0 Å². The Kier molecular flexibility index (Phi) is 5.56. The second-order valence-electron chi connectivity index (χ2n) is 7.55. The van der Waals surface area contributed by atoms with Crippen molar-refractivity contribution in [1.82, 2.24) is 5.32 Å². The number of anilines is 1. The van der Waals surface area contributed by atoms with Gasteiger partial charge < -0.3 is 10.2 Å². The number of thioether (sulfide) groups is 1. The average molecular weight is 371 g/mol. The van der Waals surface area contributed by atoms with E-state index in [1.54, 1.807) is 4.90 Å². The molecule has 26 heavy (non-hydrogen) atoms. The molecule has 2 aromatic rings. The van der Waals surface area contributed by atoms with Gasteiger partial charge in [-0.05, 0) is 23.9 Å². The zero-order valence-electron chi connectivity index (χ0n) is 15.7. The third-order valence-electron chi connectivity index (χ3n) is 4.39. The Morgan fingerprint density at radius 1 is 1.15 bits per heavy atom. The summed E-state index contributed by atoms with van der Waals surface area (Å²) in [7, 11) is 0. The smallest absolute Gasteiger partial charge is 0.258 e. The van der Waals surface area contributed by atoms with Crippen LogP contribution in [0.4, 0.5) is 5.69 Å². The van der Waals surface area contributed by atoms with Crippen molar-refractivity contribution in [3.05, 3.63) is 42.0 Å². The maximum Gasteiger partial charge on any atom is 0.258 e. The Morgan fingerprint density at radius 3 is 2.62 bits per heavy atom. The summed E-state index contributed by atoms with van der Waals surface area (Å²) in [4.78, 5) is 26.5. The predicted molar refractivity (Wildman–Crippen MR) is 110 cm³/mol. The van der Waals surface area contributed by atoms with Crippen molar-refractivity contribution in [3.63, 3.8) is 0 Å². The number of hydrogen-bond donors (Lipinski definition) is 1. The van der Waals surface area contributed by atoms with Gasteiger partial charge in [0, 0.05) is 41.0 Å². The molecule has 0 aliphatic carbocycles. The first-order chi connectivity index (χ1) is 12.4. The van der Waals surface area contributed by atoms with Gasteiger partial charge >= 0.3 is 0 Å². The van der Waals surface area contributed by atoms with Crippen LogP contribution >= 0.6 is 11.8 Å². The van der Waals surface area contributed by atoms with E-state index < -0.39 is 0 Å². The van der Waals surface area contributed by atoms with Crippen LogP contribution in [0, 0.1) is 0 Å². The van der Waals surface area contributed by atoms with Gasteiger partial charge in [-0.15, -0.1) is 0 Å². The summed E-state index contributed by atoms with van der Waals surface area (Å²) < 4.78 is 0.219. The summed E-state index contributed by atoms with van der Waals surface area (Å²) in [5.41, 5.74) is 1.73. The van der Waals surface area contributed by atoms with E-state index in [4.69, 9.17) is 0 Å². The molecule has 2 aromatic carbocycles. The van der Waals surface area contributed by atoms with Crippen LogP contribution in [0.3, 0.4) is 0 Å². The molecule has 0 radical (unpaired) electrons. The van der Waals surface area contributed by atoms with Crippen LogP contribution in [0.5, 0.6) is 0 Å². The number of carbonyl (C=O) groups excluding carboxylic acids is 2. The third kappa shape index (κ3) is 4.21. The Bertz CT molecular complexity index is 821. The van der Waals surface area contributed by atoms with Gasteiger partial charge in [-0.2, -0.15) is 11.8 Å². The molecule has 1 N–H and O–H groups in total. The Hall–Kier alpha value is -2.01. The molecule has 0 saturated heterocycles. The Labute approximate surface area is 159 Å². The highest BCUT2D eigenvalue weighted by Gasteiger charge is 2.28. The molecule has 5 heteroatoms. The van der Waals surface area contributed by atoms with Gasteiger partial charge in [0.25, 0.3) is 5.91 Å². The highest BCUT2D eigenvalue weighted by molar-refractivity contribution is 8.00. The van der Waals surface area contributed by atoms with E-state index in [0.717, 1.165) is 27.8 Å². The van der Waals surface area contributed by atoms with Gasteiger partial charge in [0.2, 0.25) is 5.91 Å². The molecule has 1 aliphatic heterocycles. The lowest BCUT2D eigenvalue weighted by Crippen LogP contribution is -2.30. The zero-order chi connectivity index (χ0) is 18.7. The highest BCUT2D eigenvalue weighted by Crippen LogP contribution is 2.37. The molecule has 3 rings (SSSR count). The zero-order valence-corrected chi connectivity index (χ0v) is 16.5. The van der Waals surface area contributed by atoms with Crippen LogP contribution in [0.25, 0.3) is 10.8 Å². The van der Waals surface area contributed by atoms with E-state index in [-0.39, 0.29) is 16.6 Å². The fourth-order valence-electron chi connectivity index (χ4n) is 3.23. The van der Waals surface area contributed by atoms with E-state index in [9.17, 15) is 9.59 Å². The number of carbonyl (C=O) groups is 2. The molecular weight excluding hydrogens is 344 g/mol. The van der Waals surface area contributed by atoms with Gasteiger partial charge in [0.05, 0.1) is 5.69 Å². The minimum Gasteiger partial charge on any atom is -0.355 e. The van der Waals surface area contributed by atoms with Crippen LogP contribution in [-0.4, -0.2) is 35.4 Å².